The molecule has 53 heteroatoms. The second kappa shape index (κ2) is 64.5. The summed E-state index contributed by atoms with van der Waals surface area (Å²) in [4.78, 5) is 293. The Morgan fingerprint density at radius 1 is 0.395 bits per heavy atom. The van der Waals surface area contributed by atoms with Gasteiger partial charge in [0, 0.05) is 54.3 Å². The molecule has 0 bridgehead atoms. The minimum Gasteiger partial charge on any atom is -0.508 e. The second-order valence-corrected chi connectivity index (χ2v) is 37.9. The molecule has 4 aromatic rings. The number of carboxylic acids is 2. The molecule has 0 radical (unpaired) electrons. The Bertz CT molecular complexity index is 5140. The number of rotatable bonds is 68. The lowest BCUT2D eigenvalue weighted by atomic mass is 9.96. The van der Waals surface area contributed by atoms with Crippen LogP contribution in [0.2, 0.25) is 0 Å². The van der Waals surface area contributed by atoms with E-state index in [0.29, 0.717) is 34.2 Å². The van der Waals surface area contributed by atoms with Crippen molar-refractivity contribution in [1.29, 1.82) is 0 Å². The van der Waals surface area contributed by atoms with Gasteiger partial charge in [-0.05, 0) is 162 Å². The monoisotopic (exact) mass is 2120 g/mol. The first-order valence-corrected chi connectivity index (χ1v) is 50.5. The number of hydrogen-bond acceptors (Lipinski definition) is 31. The van der Waals surface area contributed by atoms with E-state index in [1.807, 2.05) is 5.32 Å². The Morgan fingerprint density at radius 2 is 0.776 bits per heavy atom. The van der Waals surface area contributed by atoms with Crippen LogP contribution in [0.5, 0.6) is 11.5 Å². The van der Waals surface area contributed by atoms with Gasteiger partial charge in [-0.25, -0.2) is 0 Å². The molecule has 0 spiro atoms. The molecule has 34 N–H and O–H groups in total. The van der Waals surface area contributed by atoms with Gasteiger partial charge in [-0.1, -0.05) is 90.4 Å². The minimum atomic E-state index is -2.09. The number of amides is 19. The Kier molecular flexibility index (Phi) is 55.2. The van der Waals surface area contributed by atoms with E-state index in [4.69, 9.17) is 33.8 Å². The number of benzene rings is 3. The number of nitrogens with two attached hydrogens (primary N) is 5. The predicted octanol–water partition coefficient (Wildman–Crippen LogP) is -6.48. The zero-order valence-electron chi connectivity index (χ0n) is 83.3. The lowest BCUT2D eigenvalue weighted by Gasteiger charge is -2.30. The van der Waals surface area contributed by atoms with Crippen LogP contribution in [0, 0.1) is 17.8 Å². The van der Waals surface area contributed by atoms with Gasteiger partial charge in [0.25, 0.3) is 0 Å². The van der Waals surface area contributed by atoms with Crippen molar-refractivity contribution in [2.24, 2.45) is 46.4 Å². The van der Waals surface area contributed by atoms with Crippen molar-refractivity contribution < 1.29 is 131 Å². The van der Waals surface area contributed by atoms with Crippen molar-refractivity contribution >= 4 is 172 Å². The highest BCUT2D eigenvalue weighted by Crippen LogP contribution is 2.23. The number of unbranched alkanes of at least 4 members (excludes halogenated alkanes) is 2. The van der Waals surface area contributed by atoms with Crippen molar-refractivity contribution in [3.05, 3.63) is 95.7 Å². The number of fused-ring (bicyclic) bond motifs is 1. The maximum atomic E-state index is 15.0. The van der Waals surface area contributed by atoms with Crippen molar-refractivity contribution in [1.82, 2.24) is 95.4 Å². The number of aliphatic hydroxyl groups is 2. The van der Waals surface area contributed by atoms with Gasteiger partial charge in [0.05, 0.1) is 37.6 Å². The topological polar surface area (TPSA) is 830 Å². The molecule has 1 aromatic heterocycles. The summed E-state index contributed by atoms with van der Waals surface area (Å²) >= 11 is 9.99. The number of phenols is 2. The fourth-order valence-electron chi connectivity index (χ4n) is 14.8. The first-order valence-electron chi connectivity index (χ1n) is 47.8. The standard InChI is InChI=1S/C94H143N23O27S3/c1-10-48(6)76(115-88(138)67(40-73(125)126)109-85(135)64(37-52-23-27-55(121)28-24-52)107-84(134)63(36-51-21-25-54(120)26-22-51)103-72(124)42-101-80(130)59(19-13-15-32-95)105-89(139)68(44-145)112-83(133)61(29-30-70(98)122)104-79(129)57(97)31-34-147-9)92(142)110-62(35-46(2)3)87(137)116-77(49(7)118)93(143)106-60(20-14-16-33-96)82(132)108-65(38-53-41-100-58-18-12-11-17-56(53)58)86(136)113-69(45-146)90(140)114-75(47(4)5)91(141)117-78(50(8)119)94(144)111-66(39-71(99)123)81(131)102-43-74(127)128/h11-12,17-18,21-28,41,46-50,57,59-69,75-78,100,118-121,145-146H,10,13-16,19-20,29-40,42-45,95-97H2,1-9H3,(H2,98,122)(H2,99,123)(H,101,130)(H,102,131)(H,103,124)(H,104,129)(H,105,139)(H,106,143)(H,107,134)(H,108,132)(H,109,135)(H,110,142)(H,111,144)(H,112,133)(H,113,136)(H,114,140)(H,115,138)(H,116,137)(H,117,141)(H,125,126)(H,127,128)/t48-,49+,50+,57-,59-,60-,61-,62-,63-,64-,65-,66-,67-,68-,69-,75-,76-,77-,78-/m0/s1. The van der Waals surface area contributed by atoms with Crippen LogP contribution in [0.4, 0.5) is 0 Å². The molecule has 0 saturated carbocycles. The van der Waals surface area contributed by atoms with Gasteiger partial charge in [0.1, 0.15) is 109 Å². The molecule has 50 nitrogen and oxygen atoms in total. The summed E-state index contributed by atoms with van der Waals surface area (Å²) in [7, 11) is 0. The van der Waals surface area contributed by atoms with Gasteiger partial charge in [0.15, 0.2) is 0 Å². The van der Waals surface area contributed by atoms with Crippen molar-refractivity contribution in [3.63, 3.8) is 0 Å². The summed E-state index contributed by atoms with van der Waals surface area (Å²) in [6, 6.07) is -8.84. The van der Waals surface area contributed by atoms with E-state index < -0.39 is 295 Å². The molecule has 3 aromatic carbocycles. The Hall–Kier alpha value is -13.5. The molecular weight excluding hydrogens is 1980 g/mol. The van der Waals surface area contributed by atoms with Crippen LogP contribution in [0.15, 0.2) is 79.0 Å². The number of carbonyl (C=O) groups is 21. The molecule has 0 fully saturated rings. The Balaban J connectivity index is 1.64. The Morgan fingerprint density at radius 3 is 1.25 bits per heavy atom. The van der Waals surface area contributed by atoms with E-state index in [1.165, 1.54) is 81.1 Å². The first-order chi connectivity index (χ1) is 69.4. The fourth-order valence-corrected chi connectivity index (χ4v) is 15.8. The number of aromatic hydroxyl groups is 2. The van der Waals surface area contributed by atoms with Crippen molar-refractivity contribution in [2.45, 2.75) is 267 Å². The molecule has 1 heterocycles. The number of phenolic OH excluding ortho intramolecular Hbond substituents is 2. The number of aromatic nitrogens is 1. The lowest BCUT2D eigenvalue weighted by Crippen LogP contribution is -2.63. The highest BCUT2D eigenvalue weighted by atomic mass is 32.2. The van der Waals surface area contributed by atoms with Gasteiger partial charge in [-0.2, -0.15) is 37.0 Å². The second-order valence-electron chi connectivity index (χ2n) is 36.1. The number of thiol groups is 2. The zero-order chi connectivity index (χ0) is 110. The van der Waals surface area contributed by atoms with Crippen LogP contribution >= 0.6 is 37.0 Å². The average Bonchev–Trinajstić information content (AvgIpc) is 1.70. The zero-order valence-corrected chi connectivity index (χ0v) is 85.9. The van der Waals surface area contributed by atoms with E-state index in [1.54, 1.807) is 57.5 Å². The number of carboxylic acid groups (broad SMARTS) is 2. The molecular formula is C94H143N23O27S3. The number of H-pyrrole nitrogens is 1. The number of thioether (sulfide) groups is 1. The van der Waals surface area contributed by atoms with E-state index >= 15 is 0 Å². The molecule has 0 unspecified atom stereocenters. The number of aromatic amines is 1. The third kappa shape index (κ3) is 44.4. The number of primary amides is 2. The highest BCUT2D eigenvalue weighted by Gasteiger charge is 2.42. The SMILES string of the molecule is CC[C@H](C)[C@H](NC(=O)[C@H](CC(=O)O)NC(=O)[C@H](Cc1ccc(O)cc1)NC(=O)[C@H](Cc1ccc(O)cc1)NC(=O)CNC(=O)[C@H](CCCCN)NC(=O)[C@H](CS)NC(=O)[C@H](CCC(N)=O)NC(=O)[C@@H](N)CCSC)C(=O)N[C@@H](CC(C)C)C(=O)N[C@H](C(=O)N[C@@H](CCCCN)C(=O)N[C@@H](Cc1c[nH]c2ccccc12)C(=O)N[C@@H](CS)C(=O)N[C@H](C(=O)N[C@H](C(=O)N[C@@H](CC(N)=O)C(=O)NCC(=O)O)[C@@H](C)O)C(C)C)[C@@H](C)O. The van der Waals surface area contributed by atoms with E-state index in [2.05, 4.69) is 115 Å². The number of aliphatic hydroxyl groups excluding tert-OH is 2. The fraction of sp³-hybridized carbons (Fsp3) is 0.564. The third-order valence-electron chi connectivity index (χ3n) is 23.2. The number of para-hydroxylation sites is 1. The number of nitrogens with one attached hydrogen (secondary N) is 18. The minimum absolute atomic E-state index is 0.0784. The summed E-state index contributed by atoms with van der Waals surface area (Å²) in [6.07, 6.45) is -3.11. The van der Waals surface area contributed by atoms with Gasteiger partial charge >= 0.3 is 11.9 Å². The van der Waals surface area contributed by atoms with Crippen LogP contribution < -0.4 is 119 Å². The van der Waals surface area contributed by atoms with Crippen LogP contribution in [0.3, 0.4) is 0 Å². The third-order valence-corrected chi connectivity index (χ3v) is 24.6. The van der Waals surface area contributed by atoms with Crippen LogP contribution in [0.25, 0.3) is 10.9 Å². The Labute approximate surface area is 864 Å². The van der Waals surface area contributed by atoms with E-state index in [9.17, 15) is 126 Å². The molecule has 19 atom stereocenters. The largest absolute Gasteiger partial charge is 0.508 e. The predicted molar refractivity (Wildman–Crippen MR) is 544 cm³/mol. The number of hydrogen-bond donors (Lipinski definition) is 31. The molecule has 19 amide bonds. The molecule has 0 saturated heterocycles. The number of carbonyl (C=O) groups excluding carboxylic acids is 19. The quantitative estimate of drug-likeness (QED) is 0.0144. The van der Waals surface area contributed by atoms with Crippen LogP contribution in [-0.2, 0) is 120 Å². The molecule has 814 valence electrons. The van der Waals surface area contributed by atoms with Crippen LogP contribution in [0.1, 0.15) is 156 Å². The maximum Gasteiger partial charge on any atom is 0.322 e. The first kappa shape index (κ1) is 126. The van der Waals surface area contributed by atoms with Gasteiger partial charge in [-0.3, -0.25) is 101 Å². The average molecular weight is 2120 g/mol. The highest BCUT2D eigenvalue weighted by molar-refractivity contribution is 7.98. The smallest absolute Gasteiger partial charge is 0.322 e. The van der Waals surface area contributed by atoms with Gasteiger partial charge in [0.2, 0.25) is 112 Å². The summed E-state index contributed by atoms with van der Waals surface area (Å²) in [5.41, 5.74) is 29.9. The summed E-state index contributed by atoms with van der Waals surface area (Å²) < 4.78 is 0. The van der Waals surface area contributed by atoms with Crippen LogP contribution in [-0.4, -0.2) is 318 Å². The summed E-state index contributed by atoms with van der Waals surface area (Å²) in [6.45, 7) is 10.1. The van der Waals surface area contributed by atoms with Gasteiger partial charge < -0.3 is 155 Å². The number of aliphatic carboxylic acids is 2. The summed E-state index contributed by atoms with van der Waals surface area (Å²) in [5, 5.41) is 104. The van der Waals surface area contributed by atoms with E-state index in [0.717, 1.165) is 13.8 Å². The van der Waals surface area contributed by atoms with Crippen molar-refractivity contribution in [3.8, 4) is 11.5 Å². The normalized spacial score (nSPS) is 15.1. The molecule has 147 heavy (non-hydrogen) atoms. The van der Waals surface area contributed by atoms with E-state index in [-0.39, 0.29) is 107 Å². The molecule has 0 aliphatic heterocycles. The molecule has 0 aliphatic carbocycles. The maximum absolute atomic E-state index is 15.0. The molecule has 0 aliphatic rings. The molecule has 4 rings (SSSR count). The van der Waals surface area contributed by atoms with Crippen molar-refractivity contribution in [2.75, 3.05) is 49.7 Å². The summed E-state index contributed by atoms with van der Waals surface area (Å²) in [5.74, 6) is -26.1. The lowest BCUT2D eigenvalue weighted by molar-refractivity contribution is -0.142. The van der Waals surface area contributed by atoms with Gasteiger partial charge in [-0.15, -0.1) is 0 Å².